The summed E-state index contributed by atoms with van der Waals surface area (Å²) in [7, 11) is 0. The number of hydrogen-bond donors (Lipinski definition) is 0. The topological polar surface area (TPSA) is 25.8 Å². The van der Waals surface area contributed by atoms with Crippen LogP contribution in [0.15, 0.2) is 54.7 Å². The lowest BCUT2D eigenvalue weighted by Gasteiger charge is -2.04. The Kier molecular flexibility index (Phi) is 2.33. The van der Waals surface area contributed by atoms with Crippen molar-refractivity contribution in [2.24, 2.45) is 0 Å². The molecule has 0 atom stereocenters. The molecule has 0 N–H and O–H groups in total. The summed E-state index contributed by atoms with van der Waals surface area (Å²) in [6.07, 6.45) is 1.80. The van der Waals surface area contributed by atoms with E-state index in [0.29, 0.717) is 0 Å². The van der Waals surface area contributed by atoms with Crippen molar-refractivity contribution in [2.45, 2.75) is 6.92 Å². The van der Waals surface area contributed by atoms with Crippen LogP contribution in [0.4, 0.5) is 0 Å². The molecule has 0 radical (unpaired) electrons. The van der Waals surface area contributed by atoms with E-state index in [2.05, 4.69) is 53.5 Å². The van der Waals surface area contributed by atoms with Crippen LogP contribution in [0.3, 0.4) is 0 Å². The fourth-order valence-electron chi connectivity index (χ4n) is 1.95. The molecular weight excluding hydrogens is 208 g/mol. The van der Waals surface area contributed by atoms with E-state index in [1.54, 1.807) is 6.20 Å². The highest BCUT2D eigenvalue weighted by Gasteiger charge is 2.04. The number of rotatable bonds is 1. The molecule has 0 saturated carbocycles. The second kappa shape index (κ2) is 3.98. The van der Waals surface area contributed by atoms with E-state index in [9.17, 15) is 0 Å². The van der Waals surface area contributed by atoms with Gasteiger partial charge in [-0.1, -0.05) is 54.1 Å². The van der Waals surface area contributed by atoms with Gasteiger partial charge in [-0.3, -0.25) is 0 Å². The summed E-state index contributed by atoms with van der Waals surface area (Å²) in [5.41, 5.74) is 3.31. The van der Waals surface area contributed by atoms with Gasteiger partial charge < -0.3 is 0 Å². The Hall–Kier alpha value is -2.22. The van der Waals surface area contributed by atoms with Crippen LogP contribution in [0.25, 0.3) is 22.0 Å². The van der Waals surface area contributed by atoms with E-state index in [1.165, 1.54) is 5.56 Å². The molecule has 2 heteroatoms. The summed E-state index contributed by atoms with van der Waals surface area (Å²) >= 11 is 0. The van der Waals surface area contributed by atoms with Gasteiger partial charge in [0.25, 0.3) is 0 Å². The number of aromatic nitrogens is 2. The van der Waals surface area contributed by atoms with Gasteiger partial charge in [0.05, 0.1) is 6.20 Å². The highest BCUT2D eigenvalue weighted by Crippen LogP contribution is 2.25. The minimum Gasteiger partial charge on any atom is -0.158 e. The maximum Gasteiger partial charge on any atom is 0.101 e. The highest BCUT2D eigenvalue weighted by atomic mass is 15.1. The minimum atomic E-state index is 0.947. The molecule has 0 bridgehead atoms. The van der Waals surface area contributed by atoms with Crippen molar-refractivity contribution in [3.05, 3.63) is 60.3 Å². The van der Waals surface area contributed by atoms with Crippen LogP contribution in [-0.2, 0) is 0 Å². The standard InChI is InChI=1S/C15H12N2/c1-11-6-8-12(9-7-11)15-14-5-3-2-4-13(14)10-16-17-15/h2-10H,1H3. The summed E-state index contributed by atoms with van der Waals surface area (Å²) in [6, 6.07) is 16.6. The van der Waals surface area contributed by atoms with Crippen LogP contribution >= 0.6 is 0 Å². The zero-order valence-electron chi connectivity index (χ0n) is 9.59. The SMILES string of the molecule is Cc1ccc(-c2nncc3ccccc23)cc1. The number of fused-ring (bicyclic) bond motifs is 1. The predicted molar refractivity (Wildman–Crippen MR) is 69.7 cm³/mol. The van der Waals surface area contributed by atoms with Gasteiger partial charge in [-0.05, 0) is 6.92 Å². The lowest BCUT2D eigenvalue weighted by molar-refractivity contribution is 1.06. The molecule has 0 spiro atoms. The van der Waals surface area contributed by atoms with Gasteiger partial charge in [-0.25, -0.2) is 0 Å². The molecule has 2 aromatic carbocycles. The molecule has 0 aliphatic heterocycles. The van der Waals surface area contributed by atoms with Gasteiger partial charge in [0.1, 0.15) is 5.69 Å². The second-order valence-corrected chi connectivity index (χ2v) is 4.15. The van der Waals surface area contributed by atoms with Crippen molar-refractivity contribution in [3.8, 4) is 11.3 Å². The predicted octanol–water partition coefficient (Wildman–Crippen LogP) is 3.61. The monoisotopic (exact) mass is 220 g/mol. The third-order valence-electron chi connectivity index (χ3n) is 2.90. The molecule has 3 aromatic rings. The van der Waals surface area contributed by atoms with Crippen molar-refractivity contribution >= 4 is 10.8 Å². The summed E-state index contributed by atoms with van der Waals surface area (Å²) in [4.78, 5) is 0. The first-order chi connectivity index (χ1) is 8.34. The molecule has 0 fully saturated rings. The van der Waals surface area contributed by atoms with Crippen LogP contribution in [0.5, 0.6) is 0 Å². The first-order valence-corrected chi connectivity index (χ1v) is 5.62. The lowest BCUT2D eigenvalue weighted by Crippen LogP contribution is -1.89. The van der Waals surface area contributed by atoms with Gasteiger partial charge in [0, 0.05) is 16.3 Å². The van der Waals surface area contributed by atoms with Gasteiger partial charge in [0.15, 0.2) is 0 Å². The molecular formula is C15H12N2. The molecule has 1 heterocycles. The molecule has 0 unspecified atom stereocenters. The Labute approximate surface area is 99.9 Å². The molecule has 1 aromatic heterocycles. The minimum absolute atomic E-state index is 0.947. The quantitative estimate of drug-likeness (QED) is 0.626. The van der Waals surface area contributed by atoms with E-state index >= 15 is 0 Å². The largest absolute Gasteiger partial charge is 0.158 e. The smallest absolute Gasteiger partial charge is 0.101 e. The second-order valence-electron chi connectivity index (χ2n) is 4.15. The summed E-state index contributed by atoms with van der Waals surface area (Å²) in [6.45, 7) is 2.08. The van der Waals surface area contributed by atoms with Gasteiger partial charge >= 0.3 is 0 Å². The Morgan fingerprint density at radius 3 is 2.47 bits per heavy atom. The molecule has 3 rings (SSSR count). The lowest BCUT2D eigenvalue weighted by atomic mass is 10.0. The van der Waals surface area contributed by atoms with Crippen molar-refractivity contribution in [2.75, 3.05) is 0 Å². The van der Waals surface area contributed by atoms with E-state index in [-0.39, 0.29) is 0 Å². The number of hydrogen-bond acceptors (Lipinski definition) is 2. The summed E-state index contributed by atoms with van der Waals surface area (Å²) in [5.74, 6) is 0. The van der Waals surface area contributed by atoms with Crippen molar-refractivity contribution < 1.29 is 0 Å². The average Bonchev–Trinajstić information content (AvgIpc) is 2.39. The van der Waals surface area contributed by atoms with Crippen LogP contribution in [0.2, 0.25) is 0 Å². The molecule has 0 saturated heterocycles. The van der Waals surface area contributed by atoms with Crippen molar-refractivity contribution in [1.82, 2.24) is 10.2 Å². The molecule has 17 heavy (non-hydrogen) atoms. The number of nitrogens with zero attached hydrogens (tertiary/aromatic N) is 2. The van der Waals surface area contributed by atoms with Crippen LogP contribution in [0.1, 0.15) is 5.56 Å². The first kappa shape index (κ1) is 9.97. The van der Waals surface area contributed by atoms with Crippen molar-refractivity contribution in [3.63, 3.8) is 0 Å². The van der Waals surface area contributed by atoms with Crippen molar-refractivity contribution in [1.29, 1.82) is 0 Å². The van der Waals surface area contributed by atoms with Gasteiger partial charge in [0.2, 0.25) is 0 Å². The zero-order chi connectivity index (χ0) is 11.7. The maximum absolute atomic E-state index is 4.26. The fraction of sp³-hybridized carbons (Fsp3) is 0.0667. The summed E-state index contributed by atoms with van der Waals surface area (Å²) < 4.78 is 0. The Bertz CT molecular complexity index is 652. The highest BCUT2D eigenvalue weighted by molar-refractivity contribution is 5.93. The molecule has 0 aliphatic carbocycles. The average molecular weight is 220 g/mol. The number of aryl methyl sites for hydroxylation is 1. The van der Waals surface area contributed by atoms with Gasteiger partial charge in [-0.2, -0.15) is 5.10 Å². The van der Waals surface area contributed by atoms with Crippen LogP contribution in [0, 0.1) is 6.92 Å². The van der Waals surface area contributed by atoms with E-state index < -0.39 is 0 Å². The van der Waals surface area contributed by atoms with E-state index in [0.717, 1.165) is 22.0 Å². The molecule has 0 aliphatic rings. The fourth-order valence-corrected chi connectivity index (χ4v) is 1.95. The summed E-state index contributed by atoms with van der Waals surface area (Å²) in [5, 5.41) is 10.6. The normalized spacial score (nSPS) is 10.6. The number of benzene rings is 2. The van der Waals surface area contributed by atoms with Gasteiger partial charge in [-0.15, -0.1) is 5.10 Å². The Balaban J connectivity index is 2.27. The van der Waals surface area contributed by atoms with Crippen LogP contribution < -0.4 is 0 Å². The third-order valence-corrected chi connectivity index (χ3v) is 2.90. The Morgan fingerprint density at radius 2 is 1.65 bits per heavy atom. The maximum atomic E-state index is 4.26. The first-order valence-electron chi connectivity index (χ1n) is 5.62. The third kappa shape index (κ3) is 1.78. The van der Waals surface area contributed by atoms with E-state index in [4.69, 9.17) is 0 Å². The molecule has 82 valence electrons. The van der Waals surface area contributed by atoms with Crippen LogP contribution in [-0.4, -0.2) is 10.2 Å². The molecule has 2 nitrogen and oxygen atoms in total. The zero-order valence-corrected chi connectivity index (χ0v) is 9.59. The van der Waals surface area contributed by atoms with E-state index in [1.807, 2.05) is 12.1 Å². The Morgan fingerprint density at radius 1 is 0.882 bits per heavy atom. The molecule has 0 amide bonds.